The van der Waals surface area contributed by atoms with E-state index in [-0.39, 0.29) is 92.2 Å². The Labute approximate surface area is 644 Å². The Morgan fingerprint density at radius 3 is 1.33 bits per heavy atom. The van der Waals surface area contributed by atoms with Crippen molar-refractivity contribution in [1.82, 2.24) is 54.2 Å². The quantitative estimate of drug-likeness (QED) is 0.0310. The number of amides is 7. The Kier molecular flexibility index (Phi) is 30.7. The van der Waals surface area contributed by atoms with Gasteiger partial charge in [0.25, 0.3) is 11.8 Å². The molecule has 4 aliphatic rings. The third kappa shape index (κ3) is 29.3. The molecule has 4 aliphatic carbocycles. The fraction of sp³-hybridized carbons (Fsp3) is 0.389. The number of aromatic nitrogens is 8. The molecule has 7 amide bonds. The van der Waals surface area contributed by atoms with Crippen molar-refractivity contribution >= 4 is 162 Å². The molecule has 4 saturated carbocycles. The number of nitrogens with zero attached hydrogens (tertiary/aromatic N) is 11. The number of nitrogen functional groups attached to an aromatic ring is 1. The van der Waals surface area contributed by atoms with E-state index in [9.17, 15) is 47.9 Å². The van der Waals surface area contributed by atoms with E-state index >= 15 is 0 Å². The van der Waals surface area contributed by atoms with Crippen LogP contribution in [0.1, 0.15) is 132 Å². The number of rotatable bonds is 22. The van der Waals surface area contributed by atoms with Crippen LogP contribution in [0.25, 0.3) is 21.8 Å². The van der Waals surface area contributed by atoms with Crippen molar-refractivity contribution in [3.05, 3.63) is 157 Å². The van der Waals surface area contributed by atoms with Gasteiger partial charge in [-0.05, 0) is 217 Å². The number of para-hydroxylation sites is 2. The molecule has 34 heteroatoms. The van der Waals surface area contributed by atoms with Gasteiger partial charge in [-0.25, -0.2) is 29.5 Å². The summed E-state index contributed by atoms with van der Waals surface area (Å²) in [5.41, 5.74) is 16.9. The van der Waals surface area contributed by atoms with Crippen molar-refractivity contribution in [1.29, 1.82) is 0 Å². The van der Waals surface area contributed by atoms with E-state index in [1.807, 2.05) is 57.2 Å². The summed E-state index contributed by atoms with van der Waals surface area (Å²) in [6.45, 7) is 10.1. The zero-order valence-electron chi connectivity index (χ0n) is 59.1. The minimum Gasteiger partial charge on any atom is -0.480 e. The average molecular weight is 1720 g/mol. The Morgan fingerprint density at radius 1 is 0.500 bits per heavy atom. The number of benzene rings is 2. The molecule has 0 unspecified atom stereocenters. The van der Waals surface area contributed by atoms with E-state index in [4.69, 9.17) is 36.9 Å². The van der Waals surface area contributed by atoms with E-state index in [1.165, 1.54) is 27.1 Å². The Morgan fingerprint density at radius 2 is 0.925 bits per heavy atom. The molecule has 0 saturated heterocycles. The van der Waals surface area contributed by atoms with Crippen LogP contribution in [0.2, 0.25) is 0 Å². The summed E-state index contributed by atoms with van der Waals surface area (Å²) in [5.74, 6) is -1.55. The van der Waals surface area contributed by atoms with Gasteiger partial charge in [-0.2, -0.15) is 10.2 Å². The van der Waals surface area contributed by atoms with Gasteiger partial charge < -0.3 is 52.4 Å². The van der Waals surface area contributed by atoms with Crippen LogP contribution in [0.15, 0.2) is 140 Å². The first-order valence-electron chi connectivity index (χ1n) is 33.7. The predicted octanol–water partition coefficient (Wildman–Crippen LogP) is 11.4. The van der Waals surface area contributed by atoms with Crippen molar-refractivity contribution in [2.75, 3.05) is 36.0 Å². The van der Waals surface area contributed by atoms with Gasteiger partial charge >= 0.3 is 24.1 Å². The number of Topliss-reactive ketones (excluding diaryl/α,β-unsaturated/α-hetero) is 1. The minimum atomic E-state index is -1.02. The zero-order chi connectivity index (χ0) is 77.6. The van der Waals surface area contributed by atoms with Gasteiger partial charge in [0.05, 0.1) is 24.0 Å². The molecular formula is C72H84Br4N16O14. The lowest BCUT2D eigenvalue weighted by Gasteiger charge is -2.27. The van der Waals surface area contributed by atoms with Gasteiger partial charge in [0.15, 0.2) is 17.2 Å². The highest BCUT2D eigenvalue weighted by Gasteiger charge is 2.38. The normalized spacial score (nSPS) is 13.4. The standard InChI is InChI=1S/C20H19BrN6O3.C16H21BrN2O3.C11H13BrN2O.C10H9N3O3.C10H17NO4.C5H5BrN2/c21-15-6-3-7-16(23-15)24-17(28)10-26(12-8-9-12)18(29)11-27-14-5-2-1-4-13(14)19(25-27)20(22)30;1-16(2,3)22-15(21)19(12-7-8-12)10-13(20)9-11-5-4-6-14(17)18-11;12-9-2-1-3-10(13-9)14-11(15)7-6-8-4-5-8;11-10(16)9-6-3-1-2-4-7(6)13(12-9)5-8(14)15;1-10(2,3)15-9(14)11(6-8(12)13)7-4-5-7;6-4-2-1-3-5(7)8-4/h1-7,12H,8-11H2,(H2,22,30)(H,23,24,28);4-6,12H,7-10H2,1-3H3;1-3,8H,4-7H2,(H,13,14,15);1-4H,5H2,(H2,11,16)(H,14,15);7H,4-6H2,1-3H3,(H,12,13);1-3H,(H2,7,8). The number of nitrogens with one attached hydrogen (secondary N) is 2. The molecule has 12 rings (SSSR count). The molecule has 0 bridgehead atoms. The fourth-order valence-electron chi connectivity index (χ4n) is 9.92. The summed E-state index contributed by atoms with van der Waals surface area (Å²) in [4.78, 5) is 138. The van der Waals surface area contributed by atoms with Crippen molar-refractivity contribution in [2.45, 2.75) is 155 Å². The molecule has 0 aliphatic heterocycles. The number of primary amides is 2. The number of ether oxygens (including phenoxy) is 2. The third-order valence-corrected chi connectivity index (χ3v) is 17.0. The fourth-order valence-corrected chi connectivity index (χ4v) is 11.3. The van der Waals surface area contributed by atoms with Gasteiger partial charge in [0, 0.05) is 41.0 Å². The van der Waals surface area contributed by atoms with Crippen LogP contribution in [-0.2, 0) is 57.8 Å². The Hall–Kier alpha value is -9.80. The zero-order valence-corrected chi connectivity index (χ0v) is 65.5. The van der Waals surface area contributed by atoms with Gasteiger partial charge in [0.2, 0.25) is 17.7 Å². The van der Waals surface area contributed by atoms with E-state index in [0.717, 1.165) is 60.1 Å². The van der Waals surface area contributed by atoms with Gasteiger partial charge in [0.1, 0.15) is 73.2 Å². The lowest BCUT2D eigenvalue weighted by atomic mass is 10.2. The van der Waals surface area contributed by atoms with Crippen molar-refractivity contribution in [3.8, 4) is 0 Å². The molecule has 2 aromatic carbocycles. The number of carbonyl (C=O) groups is 10. The maximum atomic E-state index is 13.0. The number of hydrogen-bond acceptors (Lipinski definition) is 19. The number of carboxylic acids is 2. The molecule has 6 aromatic heterocycles. The molecule has 6 heterocycles. The summed E-state index contributed by atoms with van der Waals surface area (Å²) in [6, 6.07) is 35.7. The predicted molar refractivity (Wildman–Crippen MR) is 409 cm³/mol. The minimum absolute atomic E-state index is 0.0242. The molecule has 30 nitrogen and oxygen atoms in total. The molecule has 0 atom stereocenters. The van der Waals surface area contributed by atoms with E-state index in [0.29, 0.717) is 60.6 Å². The molecule has 10 N–H and O–H groups in total. The average Bonchev–Trinajstić information content (AvgIpc) is 1.63. The first-order valence-corrected chi connectivity index (χ1v) is 36.8. The maximum absolute atomic E-state index is 13.0. The molecule has 8 aromatic rings. The highest BCUT2D eigenvalue weighted by molar-refractivity contribution is 9.11. The number of carbonyl (C=O) groups excluding carboxylic acids is 8. The van der Waals surface area contributed by atoms with Crippen molar-refractivity contribution in [2.24, 2.45) is 17.4 Å². The lowest BCUT2D eigenvalue weighted by Crippen LogP contribution is -2.41. The lowest BCUT2D eigenvalue weighted by molar-refractivity contribution is -0.139. The van der Waals surface area contributed by atoms with Crippen LogP contribution in [0.4, 0.5) is 27.0 Å². The second-order valence-corrected chi connectivity index (χ2v) is 30.1. The monoisotopic (exact) mass is 1710 g/mol. The number of nitrogens with two attached hydrogens (primary N) is 3. The van der Waals surface area contributed by atoms with Crippen LogP contribution in [0.5, 0.6) is 0 Å². The van der Waals surface area contributed by atoms with Gasteiger partial charge in [-0.15, -0.1) is 0 Å². The summed E-state index contributed by atoms with van der Waals surface area (Å²) >= 11 is 13.0. The molecule has 4 fully saturated rings. The van der Waals surface area contributed by atoms with Gasteiger partial charge in [-0.3, -0.25) is 57.5 Å². The van der Waals surface area contributed by atoms with Crippen LogP contribution >= 0.6 is 63.7 Å². The number of ketones is 1. The van der Waals surface area contributed by atoms with E-state index < -0.39 is 47.1 Å². The molecule has 564 valence electrons. The first-order chi connectivity index (χ1) is 50.1. The van der Waals surface area contributed by atoms with Gasteiger partial charge in [-0.1, -0.05) is 73.5 Å². The second-order valence-electron chi connectivity index (χ2n) is 26.8. The number of pyridine rings is 4. The number of aliphatic carboxylic acids is 2. The summed E-state index contributed by atoms with van der Waals surface area (Å²) < 4.78 is 16.0. The Bertz CT molecular complexity index is 4440. The van der Waals surface area contributed by atoms with E-state index in [1.54, 1.807) is 116 Å². The summed E-state index contributed by atoms with van der Waals surface area (Å²) in [6.07, 6.45) is 8.77. The van der Waals surface area contributed by atoms with Crippen LogP contribution in [-0.4, -0.2) is 173 Å². The van der Waals surface area contributed by atoms with Crippen molar-refractivity contribution < 1.29 is 67.6 Å². The van der Waals surface area contributed by atoms with Crippen molar-refractivity contribution in [3.63, 3.8) is 0 Å². The maximum Gasteiger partial charge on any atom is 0.411 e. The number of halogens is 4. The number of anilines is 3. The third-order valence-electron chi connectivity index (χ3n) is 15.2. The van der Waals surface area contributed by atoms with E-state index in [2.05, 4.69) is 104 Å². The summed E-state index contributed by atoms with van der Waals surface area (Å²) in [5, 5.41) is 32.1. The largest absolute Gasteiger partial charge is 0.480 e. The SMILES string of the molecule is CC(C)(C)OC(=O)N(CC(=O)Cc1cccc(Br)n1)C1CC1.CC(C)(C)OC(=O)N(CC(=O)O)C1CC1.NC(=O)c1nn(CC(=O)N(CC(=O)Nc2cccc(Br)n2)C2CC2)c2ccccc12.NC(=O)c1nn(CC(=O)O)c2ccccc12.Nc1cccc(Br)n1.O=C(CCC1CC1)Nc1cccc(Br)n1. The molecule has 106 heavy (non-hydrogen) atoms. The summed E-state index contributed by atoms with van der Waals surface area (Å²) in [7, 11) is 0. The Balaban J connectivity index is 0.000000185. The second kappa shape index (κ2) is 39.0. The number of hydrogen-bond donors (Lipinski definition) is 7. The van der Waals surface area contributed by atoms with Crippen LogP contribution in [0, 0.1) is 5.92 Å². The smallest absolute Gasteiger partial charge is 0.411 e. The first kappa shape index (κ1) is 83.5. The number of fused-ring (bicyclic) bond motifs is 2. The molecular weight excluding hydrogens is 1630 g/mol. The number of carboxylic acid groups (broad SMARTS) is 2. The van der Waals surface area contributed by atoms with Crippen LogP contribution in [0.3, 0.4) is 0 Å². The highest BCUT2D eigenvalue weighted by Crippen LogP contribution is 2.34. The highest BCUT2D eigenvalue weighted by atomic mass is 79.9. The molecule has 0 spiro atoms. The topological polar surface area (TPSA) is 429 Å². The van der Waals surface area contributed by atoms with Crippen LogP contribution < -0.4 is 27.8 Å². The molecule has 0 radical (unpaired) electrons.